The summed E-state index contributed by atoms with van der Waals surface area (Å²) in [5.74, 6) is 0.233. The zero-order valence-electron chi connectivity index (χ0n) is 13.7. The first-order valence-corrected chi connectivity index (χ1v) is 7.74. The molecule has 2 aromatic rings. The molecule has 2 N–H and O–H groups in total. The molecule has 0 heterocycles. The molecule has 0 aromatic heterocycles. The molecule has 0 saturated carbocycles. The molecule has 4 heteroatoms. The quantitative estimate of drug-likeness (QED) is 0.817. The Morgan fingerprint density at radius 1 is 0.913 bits per heavy atom. The van der Waals surface area contributed by atoms with Crippen LogP contribution in [0.3, 0.4) is 0 Å². The average molecular weight is 333 g/mol. The summed E-state index contributed by atoms with van der Waals surface area (Å²) < 4.78 is 0. The van der Waals surface area contributed by atoms with Crippen LogP contribution in [-0.4, -0.2) is 26.0 Å². The van der Waals surface area contributed by atoms with E-state index >= 15 is 0 Å². The van der Waals surface area contributed by atoms with Gasteiger partial charge in [0.1, 0.15) is 0 Å². The summed E-state index contributed by atoms with van der Waals surface area (Å²) in [5.41, 5.74) is 2.44. The molecule has 124 valence electrons. The molecule has 0 saturated heterocycles. The van der Waals surface area contributed by atoms with Crippen molar-refractivity contribution in [1.82, 2.24) is 10.6 Å². The van der Waals surface area contributed by atoms with Crippen LogP contribution < -0.4 is 10.6 Å². The van der Waals surface area contributed by atoms with Gasteiger partial charge in [0.2, 0.25) is 5.91 Å². The molecular formula is C19H25ClN2O. The molecule has 0 aliphatic carbocycles. The number of rotatable bonds is 7. The zero-order valence-corrected chi connectivity index (χ0v) is 14.5. The van der Waals surface area contributed by atoms with Crippen LogP contribution in [0.25, 0.3) is 0 Å². The summed E-state index contributed by atoms with van der Waals surface area (Å²) in [4.78, 5) is 12.1. The van der Waals surface area contributed by atoms with Crippen molar-refractivity contribution in [1.29, 1.82) is 0 Å². The van der Waals surface area contributed by atoms with E-state index in [0.29, 0.717) is 13.1 Å². The second-order valence-electron chi connectivity index (χ2n) is 5.58. The third-order valence-corrected chi connectivity index (χ3v) is 3.84. The molecule has 0 aliphatic rings. The summed E-state index contributed by atoms with van der Waals surface area (Å²) in [6.45, 7) is 3.24. The fourth-order valence-electron chi connectivity index (χ4n) is 2.57. The Labute approximate surface area is 144 Å². The van der Waals surface area contributed by atoms with E-state index in [1.54, 1.807) is 0 Å². The minimum Gasteiger partial charge on any atom is -0.355 e. The van der Waals surface area contributed by atoms with Crippen LogP contribution in [0.1, 0.15) is 24.0 Å². The van der Waals surface area contributed by atoms with Gasteiger partial charge in [0, 0.05) is 24.9 Å². The van der Waals surface area contributed by atoms with Gasteiger partial charge < -0.3 is 10.6 Å². The van der Waals surface area contributed by atoms with Crippen LogP contribution in [0.5, 0.6) is 0 Å². The number of nitrogens with one attached hydrogen (secondary N) is 2. The number of amides is 1. The lowest BCUT2D eigenvalue weighted by Crippen LogP contribution is -2.36. The highest BCUT2D eigenvalue weighted by atomic mass is 35.5. The van der Waals surface area contributed by atoms with Crippen molar-refractivity contribution in [3.63, 3.8) is 0 Å². The minimum atomic E-state index is -0.0304. The molecular weight excluding hydrogens is 308 g/mol. The molecule has 0 spiro atoms. The SMILES string of the molecule is CNCC(C)C(=O)NCC(c1ccccc1)c1ccccc1.Cl. The van der Waals surface area contributed by atoms with Gasteiger partial charge in [-0.15, -0.1) is 12.4 Å². The molecule has 23 heavy (non-hydrogen) atoms. The first kappa shape index (κ1) is 19.2. The summed E-state index contributed by atoms with van der Waals surface area (Å²) in [5, 5.41) is 6.12. The molecule has 0 radical (unpaired) electrons. The summed E-state index contributed by atoms with van der Waals surface area (Å²) in [6, 6.07) is 20.6. The number of benzene rings is 2. The van der Waals surface area contributed by atoms with E-state index in [0.717, 1.165) is 0 Å². The van der Waals surface area contributed by atoms with Crippen LogP contribution in [0.2, 0.25) is 0 Å². The standard InChI is InChI=1S/C19H24N2O.ClH/c1-15(13-20-2)19(22)21-14-18(16-9-5-3-6-10-16)17-11-7-4-8-12-17;/h3-12,15,18,20H,13-14H2,1-2H3,(H,21,22);1H. The normalized spacial score (nSPS) is 11.6. The Hall–Kier alpha value is -1.84. The van der Waals surface area contributed by atoms with Gasteiger partial charge in [0.25, 0.3) is 0 Å². The topological polar surface area (TPSA) is 41.1 Å². The molecule has 2 aromatic carbocycles. The molecule has 3 nitrogen and oxygen atoms in total. The molecule has 1 amide bonds. The molecule has 0 fully saturated rings. The van der Waals surface area contributed by atoms with Gasteiger partial charge in [0.05, 0.1) is 0 Å². The van der Waals surface area contributed by atoms with Gasteiger partial charge in [0.15, 0.2) is 0 Å². The fourth-order valence-corrected chi connectivity index (χ4v) is 2.57. The van der Waals surface area contributed by atoms with E-state index in [9.17, 15) is 4.79 Å². The second kappa shape index (κ2) is 10.0. The lowest BCUT2D eigenvalue weighted by atomic mass is 9.91. The van der Waals surface area contributed by atoms with E-state index in [1.165, 1.54) is 11.1 Å². The van der Waals surface area contributed by atoms with Gasteiger partial charge in [-0.3, -0.25) is 4.79 Å². The molecule has 0 bridgehead atoms. The number of carbonyl (C=O) groups excluding carboxylic acids is 1. The monoisotopic (exact) mass is 332 g/mol. The van der Waals surface area contributed by atoms with Crippen LogP contribution >= 0.6 is 12.4 Å². The fraction of sp³-hybridized carbons (Fsp3) is 0.316. The Bertz CT molecular complexity index is 535. The largest absolute Gasteiger partial charge is 0.355 e. The first-order chi connectivity index (χ1) is 10.7. The Morgan fingerprint density at radius 2 is 1.39 bits per heavy atom. The number of halogens is 1. The van der Waals surface area contributed by atoms with Crippen LogP contribution in [0.15, 0.2) is 60.7 Å². The van der Waals surface area contributed by atoms with E-state index in [1.807, 2.05) is 50.4 Å². The Kier molecular flexibility index (Phi) is 8.38. The zero-order chi connectivity index (χ0) is 15.8. The lowest BCUT2D eigenvalue weighted by molar-refractivity contribution is -0.124. The van der Waals surface area contributed by atoms with Gasteiger partial charge in [-0.05, 0) is 18.2 Å². The van der Waals surface area contributed by atoms with E-state index in [-0.39, 0.29) is 30.2 Å². The van der Waals surface area contributed by atoms with Crippen molar-refractivity contribution in [2.45, 2.75) is 12.8 Å². The summed E-state index contributed by atoms with van der Waals surface area (Å²) in [6.07, 6.45) is 0. The maximum absolute atomic E-state index is 12.1. The van der Waals surface area contributed by atoms with Crippen molar-refractivity contribution in [3.8, 4) is 0 Å². The molecule has 1 unspecified atom stereocenters. The molecule has 1 atom stereocenters. The third kappa shape index (κ3) is 5.70. The second-order valence-corrected chi connectivity index (χ2v) is 5.58. The van der Waals surface area contributed by atoms with Crippen LogP contribution in [0.4, 0.5) is 0 Å². The smallest absolute Gasteiger partial charge is 0.224 e. The van der Waals surface area contributed by atoms with Gasteiger partial charge in [-0.25, -0.2) is 0 Å². The highest BCUT2D eigenvalue weighted by Gasteiger charge is 2.17. The number of carbonyl (C=O) groups is 1. The number of hydrogen-bond donors (Lipinski definition) is 2. The van der Waals surface area contributed by atoms with Crippen molar-refractivity contribution < 1.29 is 4.79 Å². The Balaban J connectivity index is 0.00000264. The highest BCUT2D eigenvalue weighted by Crippen LogP contribution is 2.23. The first-order valence-electron chi connectivity index (χ1n) is 7.74. The van der Waals surface area contributed by atoms with Crippen LogP contribution in [0, 0.1) is 5.92 Å². The predicted octanol–water partition coefficient (Wildman–Crippen LogP) is 3.21. The molecule has 2 rings (SSSR count). The van der Waals surface area contributed by atoms with Crippen LogP contribution in [-0.2, 0) is 4.79 Å². The minimum absolute atomic E-state index is 0. The maximum Gasteiger partial charge on any atom is 0.224 e. The molecule has 0 aliphatic heterocycles. The third-order valence-electron chi connectivity index (χ3n) is 3.84. The summed E-state index contributed by atoms with van der Waals surface area (Å²) in [7, 11) is 1.86. The van der Waals surface area contributed by atoms with Gasteiger partial charge in [-0.2, -0.15) is 0 Å². The van der Waals surface area contributed by atoms with Crippen molar-refractivity contribution >= 4 is 18.3 Å². The maximum atomic E-state index is 12.1. The van der Waals surface area contributed by atoms with Gasteiger partial charge in [-0.1, -0.05) is 67.6 Å². The van der Waals surface area contributed by atoms with Crippen molar-refractivity contribution in [2.75, 3.05) is 20.1 Å². The van der Waals surface area contributed by atoms with Crippen molar-refractivity contribution in [3.05, 3.63) is 71.8 Å². The Morgan fingerprint density at radius 3 is 1.83 bits per heavy atom. The van der Waals surface area contributed by atoms with Crippen molar-refractivity contribution in [2.24, 2.45) is 5.92 Å². The predicted molar refractivity (Wildman–Crippen MR) is 98.1 cm³/mol. The number of hydrogen-bond acceptors (Lipinski definition) is 2. The van der Waals surface area contributed by atoms with E-state index in [4.69, 9.17) is 0 Å². The van der Waals surface area contributed by atoms with E-state index in [2.05, 4.69) is 34.9 Å². The van der Waals surface area contributed by atoms with E-state index < -0.39 is 0 Å². The highest BCUT2D eigenvalue weighted by molar-refractivity contribution is 5.85. The summed E-state index contributed by atoms with van der Waals surface area (Å²) >= 11 is 0. The average Bonchev–Trinajstić information content (AvgIpc) is 2.57. The lowest BCUT2D eigenvalue weighted by Gasteiger charge is -2.20. The van der Waals surface area contributed by atoms with Gasteiger partial charge >= 0.3 is 0 Å².